The number of phenolic OH excluding ortho intramolecular Hbond substituents is 1. The number of phenols is 1. The van der Waals surface area contributed by atoms with E-state index >= 15 is 0 Å². The van der Waals surface area contributed by atoms with Gasteiger partial charge in [0.05, 0.1) is 19.8 Å². The van der Waals surface area contributed by atoms with Gasteiger partial charge in [0.2, 0.25) is 12.5 Å². The SMILES string of the molecule is COc1ccc(-c2c(O)cc(OC)c3c2OCO3)cc1. The van der Waals surface area contributed by atoms with Gasteiger partial charge in [0.25, 0.3) is 0 Å². The Bertz CT molecular complexity index is 634. The minimum absolute atomic E-state index is 0.0799. The van der Waals surface area contributed by atoms with Crippen LogP contribution < -0.4 is 18.9 Å². The third-order valence-electron chi connectivity index (χ3n) is 3.19. The van der Waals surface area contributed by atoms with Crippen molar-refractivity contribution in [3.63, 3.8) is 0 Å². The first-order valence-electron chi connectivity index (χ1n) is 6.08. The Morgan fingerprint density at radius 2 is 1.70 bits per heavy atom. The van der Waals surface area contributed by atoms with Crippen LogP contribution in [0, 0.1) is 0 Å². The first-order chi connectivity index (χ1) is 9.74. The number of rotatable bonds is 3. The molecular weight excluding hydrogens is 260 g/mol. The molecule has 1 N–H and O–H groups in total. The molecule has 0 unspecified atom stereocenters. The van der Waals surface area contributed by atoms with Gasteiger partial charge in [-0.25, -0.2) is 0 Å². The highest BCUT2D eigenvalue weighted by atomic mass is 16.7. The second-order valence-electron chi connectivity index (χ2n) is 4.27. The van der Waals surface area contributed by atoms with Crippen molar-refractivity contribution in [2.75, 3.05) is 21.0 Å². The molecule has 2 aromatic carbocycles. The number of hydrogen-bond acceptors (Lipinski definition) is 5. The Morgan fingerprint density at radius 3 is 2.35 bits per heavy atom. The van der Waals surface area contributed by atoms with Gasteiger partial charge in [-0.3, -0.25) is 0 Å². The van der Waals surface area contributed by atoms with Crippen molar-refractivity contribution >= 4 is 0 Å². The zero-order valence-corrected chi connectivity index (χ0v) is 11.2. The normalized spacial score (nSPS) is 12.3. The maximum Gasteiger partial charge on any atom is 0.231 e. The van der Waals surface area contributed by atoms with E-state index in [-0.39, 0.29) is 12.5 Å². The van der Waals surface area contributed by atoms with Gasteiger partial charge in [-0.15, -0.1) is 0 Å². The zero-order chi connectivity index (χ0) is 14.1. The Morgan fingerprint density at radius 1 is 1.00 bits per heavy atom. The van der Waals surface area contributed by atoms with Crippen molar-refractivity contribution < 1.29 is 24.1 Å². The third kappa shape index (κ3) is 1.87. The first-order valence-corrected chi connectivity index (χ1v) is 6.08. The van der Waals surface area contributed by atoms with Gasteiger partial charge in [-0.05, 0) is 17.7 Å². The van der Waals surface area contributed by atoms with E-state index in [1.165, 1.54) is 13.2 Å². The molecule has 0 radical (unpaired) electrons. The molecule has 0 spiro atoms. The van der Waals surface area contributed by atoms with Gasteiger partial charge in [0.15, 0.2) is 11.5 Å². The molecule has 104 valence electrons. The predicted molar refractivity (Wildman–Crippen MR) is 72.8 cm³/mol. The van der Waals surface area contributed by atoms with Crippen LogP contribution in [0.5, 0.6) is 28.7 Å². The number of fused-ring (bicyclic) bond motifs is 1. The monoisotopic (exact) mass is 274 g/mol. The Hall–Kier alpha value is -2.56. The van der Waals surface area contributed by atoms with E-state index in [4.69, 9.17) is 18.9 Å². The lowest BCUT2D eigenvalue weighted by atomic mass is 10.0. The molecule has 1 aliphatic heterocycles. The molecular formula is C15H14O5. The van der Waals surface area contributed by atoms with Gasteiger partial charge in [0.1, 0.15) is 11.5 Å². The molecule has 0 atom stereocenters. The van der Waals surface area contributed by atoms with Crippen LogP contribution in [0.15, 0.2) is 30.3 Å². The van der Waals surface area contributed by atoms with E-state index in [2.05, 4.69) is 0 Å². The number of benzene rings is 2. The fraction of sp³-hybridized carbons (Fsp3) is 0.200. The number of aromatic hydroxyl groups is 1. The second-order valence-corrected chi connectivity index (χ2v) is 4.27. The van der Waals surface area contributed by atoms with Gasteiger partial charge in [-0.2, -0.15) is 0 Å². The summed E-state index contributed by atoms with van der Waals surface area (Å²) in [5.41, 5.74) is 1.40. The summed E-state index contributed by atoms with van der Waals surface area (Å²) in [5, 5.41) is 10.2. The fourth-order valence-electron chi connectivity index (χ4n) is 2.21. The van der Waals surface area contributed by atoms with Crippen LogP contribution in [0.4, 0.5) is 0 Å². The lowest BCUT2D eigenvalue weighted by molar-refractivity contribution is 0.171. The van der Waals surface area contributed by atoms with Gasteiger partial charge < -0.3 is 24.1 Å². The summed E-state index contributed by atoms with van der Waals surface area (Å²) in [5.74, 6) is 2.28. The van der Waals surface area contributed by atoms with E-state index in [0.29, 0.717) is 22.8 Å². The standard InChI is InChI=1S/C15H14O5/c1-17-10-5-3-9(4-6-10)13-11(16)7-12(18-2)14-15(13)20-8-19-14/h3-7,16H,8H2,1-2H3. The molecule has 0 fully saturated rings. The smallest absolute Gasteiger partial charge is 0.231 e. The third-order valence-corrected chi connectivity index (χ3v) is 3.19. The summed E-state index contributed by atoms with van der Waals surface area (Å²) in [7, 11) is 3.12. The summed E-state index contributed by atoms with van der Waals surface area (Å²) < 4.78 is 21.2. The van der Waals surface area contributed by atoms with Crippen LogP contribution in [0.3, 0.4) is 0 Å². The van der Waals surface area contributed by atoms with E-state index in [9.17, 15) is 5.11 Å². The Labute approximate surface area is 116 Å². The van der Waals surface area contributed by atoms with Crippen molar-refractivity contribution in [1.82, 2.24) is 0 Å². The molecule has 2 aromatic rings. The second kappa shape index (κ2) is 4.85. The topological polar surface area (TPSA) is 57.2 Å². The minimum atomic E-state index is 0.0799. The summed E-state index contributed by atoms with van der Waals surface area (Å²) in [4.78, 5) is 0. The van der Waals surface area contributed by atoms with Gasteiger partial charge in [0, 0.05) is 6.07 Å². The van der Waals surface area contributed by atoms with Crippen LogP contribution in [-0.2, 0) is 0 Å². The Balaban J connectivity index is 2.15. The molecule has 5 heteroatoms. The molecule has 0 saturated carbocycles. The van der Waals surface area contributed by atoms with E-state index in [1.54, 1.807) is 7.11 Å². The highest BCUT2D eigenvalue weighted by molar-refractivity contribution is 5.82. The van der Waals surface area contributed by atoms with E-state index in [1.807, 2.05) is 24.3 Å². The molecule has 0 aromatic heterocycles. The summed E-state index contributed by atoms with van der Waals surface area (Å²) in [6, 6.07) is 8.86. The van der Waals surface area contributed by atoms with Gasteiger partial charge >= 0.3 is 0 Å². The van der Waals surface area contributed by atoms with Crippen molar-refractivity contribution in [2.24, 2.45) is 0 Å². The van der Waals surface area contributed by atoms with Crippen molar-refractivity contribution in [2.45, 2.75) is 0 Å². The lowest BCUT2D eigenvalue weighted by Gasteiger charge is -2.12. The maximum atomic E-state index is 10.2. The fourth-order valence-corrected chi connectivity index (χ4v) is 2.21. The van der Waals surface area contributed by atoms with Gasteiger partial charge in [-0.1, -0.05) is 12.1 Å². The lowest BCUT2D eigenvalue weighted by Crippen LogP contribution is -1.94. The van der Waals surface area contributed by atoms with E-state index in [0.717, 1.165) is 11.3 Å². The molecule has 0 amide bonds. The zero-order valence-electron chi connectivity index (χ0n) is 11.2. The van der Waals surface area contributed by atoms with Crippen LogP contribution in [0.2, 0.25) is 0 Å². The van der Waals surface area contributed by atoms with Crippen molar-refractivity contribution in [1.29, 1.82) is 0 Å². The molecule has 5 nitrogen and oxygen atoms in total. The number of hydrogen-bond donors (Lipinski definition) is 1. The molecule has 1 heterocycles. The number of methoxy groups -OCH3 is 2. The molecule has 0 saturated heterocycles. The van der Waals surface area contributed by atoms with Crippen LogP contribution in [0.25, 0.3) is 11.1 Å². The van der Waals surface area contributed by atoms with Crippen molar-refractivity contribution in [3.8, 4) is 39.9 Å². The average molecular weight is 274 g/mol. The van der Waals surface area contributed by atoms with Crippen molar-refractivity contribution in [3.05, 3.63) is 30.3 Å². The highest BCUT2D eigenvalue weighted by Gasteiger charge is 2.26. The summed E-state index contributed by atoms with van der Waals surface area (Å²) in [6.45, 7) is 0.109. The maximum absolute atomic E-state index is 10.2. The molecule has 3 rings (SSSR count). The van der Waals surface area contributed by atoms with E-state index < -0.39 is 0 Å². The Kier molecular flexibility index (Phi) is 3.02. The first kappa shape index (κ1) is 12.5. The highest BCUT2D eigenvalue weighted by Crippen LogP contribution is 2.51. The average Bonchev–Trinajstić information content (AvgIpc) is 2.96. The minimum Gasteiger partial charge on any atom is -0.507 e. The molecule has 0 aliphatic carbocycles. The number of ether oxygens (including phenoxy) is 4. The van der Waals surface area contributed by atoms with Crippen LogP contribution in [0.1, 0.15) is 0 Å². The summed E-state index contributed by atoms with van der Waals surface area (Å²) >= 11 is 0. The molecule has 1 aliphatic rings. The quantitative estimate of drug-likeness (QED) is 0.932. The van der Waals surface area contributed by atoms with Crippen LogP contribution in [-0.4, -0.2) is 26.1 Å². The largest absolute Gasteiger partial charge is 0.507 e. The predicted octanol–water partition coefficient (Wildman–Crippen LogP) is 2.81. The molecule has 0 bridgehead atoms. The molecule has 20 heavy (non-hydrogen) atoms. The summed E-state index contributed by atoms with van der Waals surface area (Å²) in [6.07, 6.45) is 0. The van der Waals surface area contributed by atoms with Crippen LogP contribution >= 0.6 is 0 Å².